The number of hydrogen-bond acceptors (Lipinski definition) is 8. The SMILES string of the molecule is CC1(C)O[C@H]2[C@H](O1)[C@@H](CO)O[C@H]2n1cnc2c(N)ncnc21. The molecule has 2 saturated heterocycles. The molecule has 2 aromatic heterocycles. The van der Waals surface area contributed by atoms with Crippen molar-refractivity contribution in [1.29, 1.82) is 0 Å². The van der Waals surface area contributed by atoms with Crippen molar-refractivity contribution in [2.45, 2.75) is 44.2 Å². The van der Waals surface area contributed by atoms with E-state index in [2.05, 4.69) is 15.0 Å². The molecule has 0 spiro atoms. The zero-order valence-corrected chi connectivity index (χ0v) is 12.2. The van der Waals surface area contributed by atoms with Gasteiger partial charge in [0.25, 0.3) is 0 Å². The van der Waals surface area contributed by atoms with Crippen molar-refractivity contribution in [3.63, 3.8) is 0 Å². The van der Waals surface area contributed by atoms with Crippen molar-refractivity contribution >= 4 is 17.0 Å². The summed E-state index contributed by atoms with van der Waals surface area (Å²) in [5, 5.41) is 9.52. The number of aliphatic hydroxyl groups excluding tert-OH is 1. The minimum absolute atomic E-state index is 0.152. The molecular formula is C13H17N5O4. The lowest BCUT2D eigenvalue weighted by molar-refractivity contribution is -0.199. The first-order valence-electron chi connectivity index (χ1n) is 7.05. The Balaban J connectivity index is 1.77. The summed E-state index contributed by atoms with van der Waals surface area (Å²) in [4.78, 5) is 12.4. The molecule has 0 amide bonds. The summed E-state index contributed by atoms with van der Waals surface area (Å²) in [5.41, 5.74) is 6.87. The fraction of sp³-hybridized carbons (Fsp3) is 0.615. The second-order valence-corrected chi connectivity index (χ2v) is 5.90. The topological polar surface area (TPSA) is 118 Å². The van der Waals surface area contributed by atoms with Crippen molar-refractivity contribution in [1.82, 2.24) is 19.5 Å². The van der Waals surface area contributed by atoms with E-state index in [1.54, 1.807) is 10.9 Å². The summed E-state index contributed by atoms with van der Waals surface area (Å²) >= 11 is 0. The zero-order chi connectivity index (χ0) is 15.5. The van der Waals surface area contributed by atoms with Crippen LogP contribution in [0.25, 0.3) is 11.2 Å². The van der Waals surface area contributed by atoms with Crippen LogP contribution in [0.2, 0.25) is 0 Å². The Morgan fingerprint density at radius 3 is 2.82 bits per heavy atom. The van der Waals surface area contributed by atoms with Crippen molar-refractivity contribution in [2.24, 2.45) is 0 Å². The minimum atomic E-state index is -0.727. The van der Waals surface area contributed by atoms with E-state index in [0.29, 0.717) is 17.0 Å². The maximum Gasteiger partial charge on any atom is 0.167 e. The molecule has 0 aliphatic carbocycles. The Bertz CT molecular complexity index is 718. The molecule has 9 nitrogen and oxygen atoms in total. The Kier molecular flexibility index (Phi) is 2.89. The van der Waals surface area contributed by atoms with Crippen LogP contribution in [0.3, 0.4) is 0 Å². The lowest BCUT2D eigenvalue weighted by atomic mass is 10.1. The fourth-order valence-electron chi connectivity index (χ4n) is 3.09. The third-order valence-electron chi connectivity index (χ3n) is 3.97. The quantitative estimate of drug-likeness (QED) is 0.784. The van der Waals surface area contributed by atoms with E-state index in [4.69, 9.17) is 19.9 Å². The summed E-state index contributed by atoms with van der Waals surface area (Å²) in [7, 11) is 0. The smallest absolute Gasteiger partial charge is 0.167 e. The molecular weight excluding hydrogens is 290 g/mol. The number of nitrogen functional groups attached to an aromatic ring is 1. The van der Waals surface area contributed by atoms with Crippen LogP contribution in [0.5, 0.6) is 0 Å². The van der Waals surface area contributed by atoms with Gasteiger partial charge in [-0.15, -0.1) is 0 Å². The third kappa shape index (κ3) is 1.90. The van der Waals surface area contributed by atoms with Crippen LogP contribution < -0.4 is 5.73 Å². The molecule has 0 bridgehead atoms. The average molecular weight is 307 g/mol. The van der Waals surface area contributed by atoms with E-state index < -0.39 is 18.1 Å². The Labute approximate surface area is 126 Å². The van der Waals surface area contributed by atoms with Gasteiger partial charge in [-0.1, -0.05) is 0 Å². The molecule has 2 aromatic rings. The maximum atomic E-state index is 9.52. The molecule has 3 N–H and O–H groups in total. The van der Waals surface area contributed by atoms with Crippen molar-refractivity contribution in [3.8, 4) is 0 Å². The van der Waals surface area contributed by atoms with Crippen LogP contribution >= 0.6 is 0 Å². The van der Waals surface area contributed by atoms with E-state index in [1.807, 2.05) is 13.8 Å². The third-order valence-corrected chi connectivity index (χ3v) is 3.97. The lowest BCUT2D eigenvalue weighted by Gasteiger charge is -2.24. The number of anilines is 1. The van der Waals surface area contributed by atoms with Gasteiger partial charge in [-0.3, -0.25) is 4.57 Å². The summed E-state index contributed by atoms with van der Waals surface area (Å²) in [6.07, 6.45) is 1.30. The first-order chi connectivity index (χ1) is 10.5. The normalized spacial score (nSPS) is 33.4. The molecule has 4 atom stereocenters. The van der Waals surface area contributed by atoms with Gasteiger partial charge in [0.2, 0.25) is 0 Å². The predicted octanol–water partition coefficient (Wildman–Crippen LogP) is -0.182. The average Bonchev–Trinajstić information content (AvgIpc) is 3.10. The highest BCUT2D eigenvalue weighted by molar-refractivity contribution is 5.81. The minimum Gasteiger partial charge on any atom is -0.394 e. The fourth-order valence-corrected chi connectivity index (χ4v) is 3.09. The number of aliphatic hydroxyl groups is 1. The number of aromatic nitrogens is 4. The zero-order valence-electron chi connectivity index (χ0n) is 12.2. The summed E-state index contributed by atoms with van der Waals surface area (Å²) in [6.45, 7) is 3.52. The second-order valence-electron chi connectivity index (χ2n) is 5.90. The van der Waals surface area contributed by atoms with Gasteiger partial charge in [0.05, 0.1) is 12.9 Å². The van der Waals surface area contributed by atoms with Crippen LogP contribution in [0.15, 0.2) is 12.7 Å². The van der Waals surface area contributed by atoms with Gasteiger partial charge in [-0.2, -0.15) is 0 Å². The second kappa shape index (κ2) is 4.59. The standard InChI is InChI=1S/C13H17N5O4/c1-13(2)21-8-6(3-19)20-12(9(8)22-13)18-5-17-7-10(14)15-4-16-11(7)18/h4-6,8-9,12,19H,3H2,1-2H3,(H2,14,15,16)/t6-,8-,9+,12-/m1/s1. The van der Waals surface area contributed by atoms with Crippen LogP contribution in [0.4, 0.5) is 5.82 Å². The molecule has 0 aromatic carbocycles. The van der Waals surface area contributed by atoms with E-state index in [9.17, 15) is 5.11 Å². The van der Waals surface area contributed by atoms with Crippen molar-refractivity contribution in [2.75, 3.05) is 12.3 Å². The monoisotopic (exact) mass is 307 g/mol. The summed E-state index contributed by atoms with van der Waals surface area (Å²) < 4.78 is 19.4. The van der Waals surface area contributed by atoms with E-state index in [-0.39, 0.29) is 18.8 Å². The Hall–Kier alpha value is -1.81. The summed E-state index contributed by atoms with van der Waals surface area (Å²) in [6, 6.07) is 0. The van der Waals surface area contributed by atoms with Crippen LogP contribution in [0, 0.1) is 0 Å². The maximum absolute atomic E-state index is 9.52. The number of nitrogens with two attached hydrogens (primary N) is 1. The Morgan fingerprint density at radius 1 is 1.27 bits per heavy atom. The molecule has 9 heteroatoms. The van der Waals surface area contributed by atoms with Gasteiger partial charge < -0.3 is 25.1 Å². The molecule has 2 aliphatic heterocycles. The Morgan fingerprint density at radius 2 is 2.05 bits per heavy atom. The van der Waals surface area contributed by atoms with Gasteiger partial charge in [-0.25, -0.2) is 15.0 Å². The molecule has 0 radical (unpaired) electrons. The highest BCUT2D eigenvalue weighted by Crippen LogP contribution is 2.43. The molecule has 2 aliphatic rings. The van der Waals surface area contributed by atoms with Crippen LogP contribution in [-0.4, -0.2) is 55.3 Å². The lowest BCUT2D eigenvalue weighted by Crippen LogP contribution is -2.31. The van der Waals surface area contributed by atoms with Crippen molar-refractivity contribution < 1.29 is 19.3 Å². The molecule has 2 fully saturated rings. The van der Waals surface area contributed by atoms with E-state index in [1.165, 1.54) is 6.33 Å². The number of imidazole rings is 1. The van der Waals surface area contributed by atoms with Crippen LogP contribution in [-0.2, 0) is 14.2 Å². The highest BCUT2D eigenvalue weighted by Gasteiger charge is 2.55. The number of fused-ring (bicyclic) bond motifs is 2. The molecule has 0 saturated carbocycles. The molecule has 22 heavy (non-hydrogen) atoms. The van der Waals surface area contributed by atoms with Gasteiger partial charge >= 0.3 is 0 Å². The van der Waals surface area contributed by atoms with Crippen LogP contribution in [0.1, 0.15) is 20.1 Å². The first-order valence-corrected chi connectivity index (χ1v) is 7.05. The number of nitrogens with zero attached hydrogens (tertiary/aromatic N) is 4. The van der Waals surface area contributed by atoms with E-state index in [0.717, 1.165) is 0 Å². The van der Waals surface area contributed by atoms with Gasteiger partial charge in [0, 0.05) is 0 Å². The molecule has 0 unspecified atom stereocenters. The highest BCUT2D eigenvalue weighted by atomic mass is 16.8. The number of rotatable bonds is 2. The van der Waals surface area contributed by atoms with E-state index >= 15 is 0 Å². The molecule has 4 heterocycles. The first kappa shape index (κ1) is 13.8. The molecule has 118 valence electrons. The molecule has 4 rings (SSSR count). The number of ether oxygens (including phenoxy) is 3. The largest absolute Gasteiger partial charge is 0.394 e. The number of hydrogen-bond donors (Lipinski definition) is 2. The predicted molar refractivity (Wildman–Crippen MR) is 74.6 cm³/mol. The van der Waals surface area contributed by atoms with Gasteiger partial charge in [0.1, 0.15) is 30.2 Å². The van der Waals surface area contributed by atoms with Crippen molar-refractivity contribution in [3.05, 3.63) is 12.7 Å². The van der Waals surface area contributed by atoms with Gasteiger partial charge in [-0.05, 0) is 13.8 Å². The van der Waals surface area contributed by atoms with Gasteiger partial charge in [0.15, 0.2) is 23.5 Å². The summed E-state index contributed by atoms with van der Waals surface area (Å²) in [5.74, 6) is -0.421.